The van der Waals surface area contributed by atoms with Crippen molar-refractivity contribution >= 4 is 28.6 Å². The van der Waals surface area contributed by atoms with Crippen molar-refractivity contribution in [2.75, 3.05) is 44.8 Å². The Morgan fingerprint density at radius 2 is 1.83 bits per heavy atom. The fourth-order valence-electron chi connectivity index (χ4n) is 4.76. The van der Waals surface area contributed by atoms with Gasteiger partial charge in [0.1, 0.15) is 11.4 Å². The van der Waals surface area contributed by atoms with Crippen LogP contribution in [0.25, 0.3) is 22.2 Å². The minimum atomic E-state index is -0.891. The summed E-state index contributed by atoms with van der Waals surface area (Å²) >= 11 is 0. The number of ether oxygens (including phenoxy) is 3. The summed E-state index contributed by atoms with van der Waals surface area (Å²) in [6.07, 6.45) is 3.24. The minimum Gasteiger partial charge on any atom is -0.464 e. The van der Waals surface area contributed by atoms with Crippen molar-refractivity contribution in [2.45, 2.75) is 13.8 Å². The standard InChI is InChI=1S/C30H29F2N5O4/c1-30(2)16-35-29(40-17-30)36-20-13-22(31)26(23(32)14-20)41-24-7-8-33-27-25(24)21(15-34-27)18-3-5-19(6-4-18)28(38)37-9-11-39-12-10-37/h3-8,13-15H,9-12,16-17H2,1-2H3,(H,33,34)(H,35,36). The minimum absolute atomic E-state index is 0.0562. The smallest absolute Gasteiger partial charge is 0.289 e. The highest BCUT2D eigenvalue weighted by atomic mass is 19.1. The number of nitrogens with zero attached hydrogens (tertiary/aromatic N) is 3. The lowest BCUT2D eigenvalue weighted by Crippen LogP contribution is -2.40. The zero-order valence-corrected chi connectivity index (χ0v) is 22.7. The Hall–Kier alpha value is -4.51. The molecule has 0 bridgehead atoms. The van der Waals surface area contributed by atoms with Gasteiger partial charge in [0.05, 0.1) is 31.8 Å². The Labute approximate surface area is 235 Å². The number of fused-ring (bicyclic) bond motifs is 1. The monoisotopic (exact) mass is 561 g/mol. The Kier molecular flexibility index (Phi) is 7.04. The molecule has 0 unspecified atom stereocenters. The molecule has 2 aromatic heterocycles. The van der Waals surface area contributed by atoms with Crippen molar-refractivity contribution in [3.05, 3.63) is 72.1 Å². The van der Waals surface area contributed by atoms with Gasteiger partial charge < -0.3 is 29.4 Å². The summed E-state index contributed by atoms with van der Waals surface area (Å²) in [4.78, 5) is 26.3. The molecule has 2 N–H and O–H groups in total. The van der Waals surface area contributed by atoms with E-state index in [-0.39, 0.29) is 28.8 Å². The van der Waals surface area contributed by atoms with Crippen LogP contribution < -0.4 is 10.1 Å². The van der Waals surface area contributed by atoms with Crippen LogP contribution in [-0.2, 0) is 9.47 Å². The molecule has 4 aromatic rings. The zero-order valence-electron chi connectivity index (χ0n) is 22.7. The first-order valence-corrected chi connectivity index (χ1v) is 13.3. The highest BCUT2D eigenvalue weighted by Crippen LogP contribution is 2.38. The van der Waals surface area contributed by atoms with Gasteiger partial charge in [-0.05, 0) is 23.8 Å². The van der Waals surface area contributed by atoms with E-state index >= 15 is 8.78 Å². The largest absolute Gasteiger partial charge is 0.464 e. The number of carbonyl (C=O) groups excluding carboxylic acids is 1. The maximum Gasteiger partial charge on any atom is 0.289 e. The molecule has 11 heteroatoms. The SMILES string of the molecule is CC1(C)CN=C(Nc2cc(F)c(Oc3ccnc4[nH]cc(-c5ccc(C(=O)N6CCOCC6)cc5)c34)c(F)c2)OC1. The predicted octanol–water partition coefficient (Wildman–Crippen LogP) is 5.60. The van der Waals surface area contributed by atoms with E-state index in [1.165, 1.54) is 6.20 Å². The van der Waals surface area contributed by atoms with Crippen molar-refractivity contribution in [1.29, 1.82) is 0 Å². The molecule has 1 saturated heterocycles. The molecule has 41 heavy (non-hydrogen) atoms. The fourth-order valence-corrected chi connectivity index (χ4v) is 4.76. The van der Waals surface area contributed by atoms with Crippen LogP contribution >= 0.6 is 0 Å². The molecule has 0 atom stereocenters. The number of anilines is 1. The number of hydrogen-bond acceptors (Lipinski definition) is 7. The molecule has 0 radical (unpaired) electrons. The van der Waals surface area contributed by atoms with Gasteiger partial charge in [-0.1, -0.05) is 26.0 Å². The fraction of sp³-hybridized carbons (Fsp3) is 0.300. The van der Waals surface area contributed by atoms with Crippen molar-refractivity contribution < 1.29 is 27.8 Å². The van der Waals surface area contributed by atoms with Gasteiger partial charge in [0.15, 0.2) is 17.4 Å². The van der Waals surface area contributed by atoms with Crippen molar-refractivity contribution in [2.24, 2.45) is 10.4 Å². The molecule has 9 nitrogen and oxygen atoms in total. The van der Waals surface area contributed by atoms with Crippen LogP contribution in [0.3, 0.4) is 0 Å². The molecule has 0 saturated carbocycles. The van der Waals surface area contributed by atoms with Gasteiger partial charge in [-0.3, -0.25) is 4.79 Å². The van der Waals surface area contributed by atoms with E-state index in [1.807, 2.05) is 26.0 Å². The number of benzene rings is 2. The quantitative estimate of drug-likeness (QED) is 0.329. The molecular weight excluding hydrogens is 532 g/mol. The molecule has 6 rings (SSSR count). The topological polar surface area (TPSA) is 101 Å². The third-order valence-electron chi connectivity index (χ3n) is 6.99. The van der Waals surface area contributed by atoms with Crippen molar-refractivity contribution in [3.8, 4) is 22.6 Å². The Morgan fingerprint density at radius 3 is 2.51 bits per heavy atom. The van der Waals surface area contributed by atoms with Gasteiger partial charge in [0, 0.05) is 59.8 Å². The van der Waals surface area contributed by atoms with E-state index in [4.69, 9.17) is 14.2 Å². The first-order valence-electron chi connectivity index (χ1n) is 13.3. The van der Waals surface area contributed by atoms with Crippen LogP contribution in [0.2, 0.25) is 0 Å². The van der Waals surface area contributed by atoms with Crippen LogP contribution in [0.5, 0.6) is 11.5 Å². The summed E-state index contributed by atoms with van der Waals surface area (Å²) in [5.41, 5.74) is 2.60. The molecular formula is C30H29F2N5O4. The number of amidine groups is 1. The number of amides is 1. The molecule has 1 fully saturated rings. The number of pyridine rings is 1. The van der Waals surface area contributed by atoms with Gasteiger partial charge in [-0.15, -0.1) is 0 Å². The second kappa shape index (κ2) is 10.8. The number of halogens is 2. The van der Waals surface area contributed by atoms with Crippen LogP contribution in [0.15, 0.2) is 59.9 Å². The second-order valence-electron chi connectivity index (χ2n) is 10.8. The highest BCUT2D eigenvalue weighted by molar-refractivity contribution is 5.99. The lowest BCUT2D eigenvalue weighted by atomic mass is 9.95. The molecule has 1 amide bonds. The van der Waals surface area contributed by atoms with E-state index in [0.29, 0.717) is 61.6 Å². The van der Waals surface area contributed by atoms with Crippen LogP contribution in [0.4, 0.5) is 14.5 Å². The third-order valence-corrected chi connectivity index (χ3v) is 6.99. The van der Waals surface area contributed by atoms with Crippen LogP contribution in [0.1, 0.15) is 24.2 Å². The number of aliphatic imine (C=N–C) groups is 1. The van der Waals surface area contributed by atoms with Gasteiger partial charge in [-0.25, -0.2) is 18.8 Å². The number of morpholine rings is 1. The van der Waals surface area contributed by atoms with E-state index < -0.39 is 17.4 Å². The summed E-state index contributed by atoms with van der Waals surface area (Å²) in [6.45, 7) is 7.18. The summed E-state index contributed by atoms with van der Waals surface area (Å²) in [6, 6.07) is 11.2. The number of nitrogens with one attached hydrogen (secondary N) is 2. The van der Waals surface area contributed by atoms with E-state index in [1.54, 1.807) is 29.3 Å². The molecule has 4 heterocycles. The molecule has 2 aliphatic heterocycles. The lowest BCUT2D eigenvalue weighted by molar-refractivity contribution is 0.0303. The summed E-state index contributed by atoms with van der Waals surface area (Å²) in [7, 11) is 0. The van der Waals surface area contributed by atoms with Crippen molar-refractivity contribution in [3.63, 3.8) is 0 Å². The summed E-state index contributed by atoms with van der Waals surface area (Å²) < 4.78 is 47.0. The van der Waals surface area contributed by atoms with Crippen LogP contribution in [-0.4, -0.2) is 66.3 Å². The number of hydrogen-bond donors (Lipinski definition) is 2. The second-order valence-corrected chi connectivity index (χ2v) is 10.8. The maximum absolute atomic E-state index is 15.1. The number of aromatic nitrogens is 2. The average Bonchev–Trinajstić information content (AvgIpc) is 3.41. The Morgan fingerprint density at radius 1 is 1.10 bits per heavy atom. The Balaban J connectivity index is 1.25. The Bertz CT molecular complexity index is 1600. The average molecular weight is 562 g/mol. The first-order chi connectivity index (χ1) is 19.8. The molecule has 2 aliphatic rings. The van der Waals surface area contributed by atoms with Crippen LogP contribution in [0, 0.1) is 17.0 Å². The third kappa shape index (κ3) is 5.58. The summed E-state index contributed by atoms with van der Waals surface area (Å²) in [5, 5.41) is 3.37. The highest BCUT2D eigenvalue weighted by Gasteiger charge is 2.25. The molecule has 0 aliphatic carbocycles. The number of rotatable bonds is 5. The van der Waals surface area contributed by atoms with E-state index in [9.17, 15) is 4.79 Å². The number of H-pyrrole nitrogens is 1. The normalized spacial score (nSPS) is 16.7. The van der Waals surface area contributed by atoms with Crippen molar-refractivity contribution in [1.82, 2.24) is 14.9 Å². The predicted molar refractivity (Wildman–Crippen MR) is 150 cm³/mol. The first kappa shape index (κ1) is 26.7. The number of aromatic amines is 1. The van der Waals surface area contributed by atoms with Gasteiger partial charge in [0.2, 0.25) is 0 Å². The zero-order chi connectivity index (χ0) is 28.6. The lowest BCUT2D eigenvalue weighted by Gasteiger charge is -2.28. The van der Waals surface area contributed by atoms with Gasteiger partial charge in [0.25, 0.3) is 11.9 Å². The number of carbonyl (C=O) groups is 1. The maximum atomic E-state index is 15.1. The van der Waals surface area contributed by atoms with E-state index in [2.05, 4.69) is 20.3 Å². The molecule has 0 spiro atoms. The summed E-state index contributed by atoms with van der Waals surface area (Å²) in [5.74, 6) is -2.16. The van der Waals surface area contributed by atoms with Gasteiger partial charge >= 0.3 is 0 Å². The molecule has 212 valence electrons. The van der Waals surface area contributed by atoms with Gasteiger partial charge in [-0.2, -0.15) is 0 Å². The van der Waals surface area contributed by atoms with E-state index in [0.717, 1.165) is 17.7 Å². The molecule has 2 aromatic carbocycles.